The molecule has 1 aromatic heterocycles. The molecule has 0 aliphatic heterocycles. The molecule has 0 aliphatic rings. The standard InChI is InChI=1S/C16H17F2N3O/c1-16(2,3)21-14-7-5-11(9-19-14)20-15(22)10-4-6-12(17)13(18)8-10/h4-9H,1-3H3,(H,19,21)(H,20,22). The van der Waals surface area contributed by atoms with Crippen molar-refractivity contribution in [1.29, 1.82) is 0 Å². The summed E-state index contributed by atoms with van der Waals surface area (Å²) in [4.78, 5) is 16.1. The number of halogens is 2. The molecule has 0 bridgehead atoms. The lowest BCUT2D eigenvalue weighted by Gasteiger charge is -2.21. The summed E-state index contributed by atoms with van der Waals surface area (Å²) >= 11 is 0. The Morgan fingerprint density at radius 3 is 2.36 bits per heavy atom. The zero-order valence-corrected chi connectivity index (χ0v) is 12.6. The Kier molecular flexibility index (Phi) is 4.40. The first-order valence-electron chi connectivity index (χ1n) is 6.75. The Morgan fingerprint density at radius 1 is 1.09 bits per heavy atom. The Balaban J connectivity index is 2.07. The number of aromatic nitrogens is 1. The van der Waals surface area contributed by atoms with Crippen LogP contribution in [-0.4, -0.2) is 16.4 Å². The van der Waals surface area contributed by atoms with Crippen LogP contribution in [-0.2, 0) is 0 Å². The second kappa shape index (κ2) is 6.09. The van der Waals surface area contributed by atoms with Crippen LogP contribution in [0.3, 0.4) is 0 Å². The van der Waals surface area contributed by atoms with E-state index in [1.807, 2.05) is 20.8 Å². The topological polar surface area (TPSA) is 54.0 Å². The summed E-state index contributed by atoms with van der Waals surface area (Å²) in [5.74, 6) is -1.90. The van der Waals surface area contributed by atoms with Crippen molar-refractivity contribution >= 4 is 17.4 Å². The number of nitrogens with one attached hydrogen (secondary N) is 2. The van der Waals surface area contributed by atoms with E-state index in [0.717, 1.165) is 12.1 Å². The van der Waals surface area contributed by atoms with Gasteiger partial charge in [0.15, 0.2) is 11.6 Å². The van der Waals surface area contributed by atoms with E-state index >= 15 is 0 Å². The van der Waals surface area contributed by atoms with Crippen molar-refractivity contribution in [3.8, 4) is 0 Å². The maximum atomic E-state index is 13.1. The first-order chi connectivity index (χ1) is 10.2. The molecule has 2 rings (SSSR count). The van der Waals surface area contributed by atoms with Gasteiger partial charge < -0.3 is 10.6 Å². The lowest BCUT2D eigenvalue weighted by molar-refractivity contribution is 0.102. The van der Waals surface area contributed by atoms with Crippen LogP contribution in [0.1, 0.15) is 31.1 Å². The average Bonchev–Trinajstić information content (AvgIpc) is 2.42. The number of hydrogen-bond acceptors (Lipinski definition) is 3. The van der Waals surface area contributed by atoms with E-state index in [-0.39, 0.29) is 11.1 Å². The minimum Gasteiger partial charge on any atom is -0.365 e. The molecule has 22 heavy (non-hydrogen) atoms. The lowest BCUT2D eigenvalue weighted by atomic mass is 10.1. The molecule has 2 aromatic rings. The van der Waals surface area contributed by atoms with E-state index in [1.54, 1.807) is 12.1 Å². The molecule has 1 amide bonds. The number of carbonyl (C=O) groups excluding carboxylic acids is 1. The summed E-state index contributed by atoms with van der Waals surface area (Å²) in [6.45, 7) is 6.02. The summed E-state index contributed by atoms with van der Waals surface area (Å²) in [5.41, 5.74) is 0.383. The van der Waals surface area contributed by atoms with Crippen LogP contribution in [0.15, 0.2) is 36.5 Å². The van der Waals surface area contributed by atoms with Crippen LogP contribution >= 0.6 is 0 Å². The van der Waals surface area contributed by atoms with Gasteiger partial charge in [-0.1, -0.05) is 0 Å². The van der Waals surface area contributed by atoms with Gasteiger partial charge in [0.05, 0.1) is 11.9 Å². The van der Waals surface area contributed by atoms with Gasteiger partial charge in [0, 0.05) is 11.1 Å². The van der Waals surface area contributed by atoms with Crippen LogP contribution in [0.4, 0.5) is 20.3 Å². The Labute approximate surface area is 127 Å². The van der Waals surface area contributed by atoms with Gasteiger partial charge in [-0.15, -0.1) is 0 Å². The number of anilines is 2. The summed E-state index contributed by atoms with van der Waals surface area (Å²) in [5, 5.41) is 5.77. The SMILES string of the molecule is CC(C)(C)Nc1ccc(NC(=O)c2ccc(F)c(F)c2)cn1. The van der Waals surface area contributed by atoms with Crippen molar-refractivity contribution in [2.75, 3.05) is 10.6 Å². The molecule has 6 heteroatoms. The van der Waals surface area contributed by atoms with Gasteiger partial charge in [-0.3, -0.25) is 4.79 Å². The van der Waals surface area contributed by atoms with E-state index < -0.39 is 17.5 Å². The Bertz CT molecular complexity index is 679. The highest BCUT2D eigenvalue weighted by molar-refractivity contribution is 6.04. The van der Waals surface area contributed by atoms with E-state index in [9.17, 15) is 13.6 Å². The highest BCUT2D eigenvalue weighted by atomic mass is 19.2. The van der Waals surface area contributed by atoms with E-state index in [4.69, 9.17) is 0 Å². The van der Waals surface area contributed by atoms with E-state index in [0.29, 0.717) is 11.5 Å². The number of pyridine rings is 1. The number of amides is 1. The zero-order valence-electron chi connectivity index (χ0n) is 12.6. The molecular weight excluding hydrogens is 288 g/mol. The first-order valence-corrected chi connectivity index (χ1v) is 6.75. The molecule has 0 spiro atoms. The van der Waals surface area contributed by atoms with Crippen molar-refractivity contribution in [2.24, 2.45) is 0 Å². The van der Waals surface area contributed by atoms with Crippen molar-refractivity contribution in [3.63, 3.8) is 0 Å². The zero-order chi connectivity index (χ0) is 16.3. The number of nitrogens with zero attached hydrogens (tertiary/aromatic N) is 1. The molecule has 1 heterocycles. The molecule has 0 aliphatic carbocycles. The lowest BCUT2D eigenvalue weighted by Crippen LogP contribution is -2.26. The average molecular weight is 305 g/mol. The van der Waals surface area contributed by atoms with Crippen LogP contribution < -0.4 is 10.6 Å². The van der Waals surface area contributed by atoms with Crippen LogP contribution in [0.2, 0.25) is 0 Å². The number of hydrogen-bond donors (Lipinski definition) is 2. The molecule has 1 aromatic carbocycles. The monoisotopic (exact) mass is 305 g/mol. The second-order valence-electron chi connectivity index (χ2n) is 5.89. The fourth-order valence-electron chi connectivity index (χ4n) is 1.77. The molecule has 0 atom stereocenters. The molecular formula is C16H17F2N3O. The maximum Gasteiger partial charge on any atom is 0.255 e. The number of carbonyl (C=O) groups is 1. The molecule has 4 nitrogen and oxygen atoms in total. The highest BCUT2D eigenvalue weighted by Gasteiger charge is 2.12. The fraction of sp³-hybridized carbons (Fsp3) is 0.250. The van der Waals surface area contributed by atoms with Gasteiger partial charge in [-0.05, 0) is 51.1 Å². The smallest absolute Gasteiger partial charge is 0.255 e. The summed E-state index contributed by atoms with van der Waals surface area (Å²) in [6, 6.07) is 6.40. The molecule has 116 valence electrons. The normalized spacial score (nSPS) is 11.1. The van der Waals surface area contributed by atoms with Gasteiger partial charge in [0.25, 0.3) is 5.91 Å². The first kappa shape index (κ1) is 15.9. The Hall–Kier alpha value is -2.50. The number of benzene rings is 1. The fourth-order valence-corrected chi connectivity index (χ4v) is 1.77. The van der Waals surface area contributed by atoms with Crippen molar-refractivity contribution in [1.82, 2.24) is 4.98 Å². The summed E-state index contributed by atoms with van der Waals surface area (Å²) in [7, 11) is 0. The van der Waals surface area contributed by atoms with Gasteiger partial charge in [-0.25, -0.2) is 13.8 Å². The van der Waals surface area contributed by atoms with E-state index in [1.165, 1.54) is 12.3 Å². The minimum absolute atomic E-state index is 0.0378. The molecule has 0 saturated heterocycles. The molecule has 2 N–H and O–H groups in total. The van der Waals surface area contributed by atoms with Gasteiger partial charge >= 0.3 is 0 Å². The van der Waals surface area contributed by atoms with Crippen LogP contribution in [0, 0.1) is 11.6 Å². The second-order valence-corrected chi connectivity index (χ2v) is 5.89. The van der Waals surface area contributed by atoms with Crippen LogP contribution in [0.5, 0.6) is 0 Å². The molecule has 0 fully saturated rings. The quantitative estimate of drug-likeness (QED) is 0.906. The summed E-state index contributed by atoms with van der Waals surface area (Å²) in [6.07, 6.45) is 1.49. The highest BCUT2D eigenvalue weighted by Crippen LogP contribution is 2.16. The summed E-state index contributed by atoms with van der Waals surface area (Å²) < 4.78 is 26.0. The number of rotatable bonds is 3. The molecule has 0 saturated carbocycles. The molecule has 0 unspecified atom stereocenters. The predicted molar refractivity (Wildman–Crippen MR) is 81.9 cm³/mol. The van der Waals surface area contributed by atoms with Gasteiger partial charge in [0.1, 0.15) is 5.82 Å². The Morgan fingerprint density at radius 2 is 1.82 bits per heavy atom. The van der Waals surface area contributed by atoms with Crippen molar-refractivity contribution < 1.29 is 13.6 Å². The third kappa shape index (κ3) is 4.25. The third-order valence-corrected chi connectivity index (χ3v) is 2.71. The third-order valence-electron chi connectivity index (χ3n) is 2.71. The van der Waals surface area contributed by atoms with Gasteiger partial charge in [0.2, 0.25) is 0 Å². The van der Waals surface area contributed by atoms with E-state index in [2.05, 4.69) is 15.6 Å². The van der Waals surface area contributed by atoms with Crippen LogP contribution in [0.25, 0.3) is 0 Å². The van der Waals surface area contributed by atoms with Gasteiger partial charge in [-0.2, -0.15) is 0 Å². The van der Waals surface area contributed by atoms with Crippen molar-refractivity contribution in [3.05, 3.63) is 53.7 Å². The predicted octanol–water partition coefficient (Wildman–Crippen LogP) is 3.82. The largest absolute Gasteiger partial charge is 0.365 e. The molecule has 0 radical (unpaired) electrons. The van der Waals surface area contributed by atoms with Crippen molar-refractivity contribution in [2.45, 2.75) is 26.3 Å². The minimum atomic E-state index is -1.06. The maximum absolute atomic E-state index is 13.1.